The van der Waals surface area contributed by atoms with Crippen molar-refractivity contribution in [3.8, 4) is 5.75 Å². The van der Waals surface area contributed by atoms with Crippen LogP contribution >= 0.6 is 0 Å². The van der Waals surface area contributed by atoms with Crippen LogP contribution in [0.3, 0.4) is 0 Å². The molecule has 1 aromatic carbocycles. The lowest BCUT2D eigenvalue weighted by Crippen LogP contribution is -2.05. The molecule has 0 unspecified atom stereocenters. The molecule has 82 valence electrons. The molecule has 0 aliphatic carbocycles. The number of ether oxygens (including phenoxy) is 3. The lowest BCUT2D eigenvalue weighted by atomic mass is 10.2. The van der Waals surface area contributed by atoms with Gasteiger partial charge in [0.1, 0.15) is 5.75 Å². The van der Waals surface area contributed by atoms with Crippen LogP contribution in [0.1, 0.15) is 10.4 Å². The summed E-state index contributed by atoms with van der Waals surface area (Å²) in [6, 6.07) is 4.66. The molecule has 0 fully saturated rings. The topological polar surface area (TPSA) is 70.8 Å². The maximum atomic E-state index is 11.2. The van der Waals surface area contributed by atoms with E-state index < -0.39 is 5.97 Å². The molecule has 0 saturated heterocycles. The van der Waals surface area contributed by atoms with Gasteiger partial charge in [-0.05, 0) is 18.2 Å². The first-order chi connectivity index (χ1) is 7.19. The second kappa shape index (κ2) is 5.21. The van der Waals surface area contributed by atoms with Gasteiger partial charge >= 0.3 is 5.97 Å². The standard InChI is InChI=1S/C10H13NO4/c1-13-6-15-9-5-7(10(12)14-2)3-4-8(9)11/h3-5H,6,11H2,1-2H3. The van der Waals surface area contributed by atoms with Crippen molar-refractivity contribution in [2.45, 2.75) is 0 Å². The Morgan fingerprint density at radius 1 is 1.40 bits per heavy atom. The van der Waals surface area contributed by atoms with Crippen molar-refractivity contribution >= 4 is 11.7 Å². The Balaban J connectivity index is 2.89. The Morgan fingerprint density at radius 3 is 2.73 bits per heavy atom. The van der Waals surface area contributed by atoms with Gasteiger partial charge in [-0.1, -0.05) is 0 Å². The number of rotatable bonds is 4. The molecule has 0 aromatic heterocycles. The fourth-order valence-electron chi connectivity index (χ4n) is 1.03. The minimum atomic E-state index is -0.433. The van der Waals surface area contributed by atoms with Crippen molar-refractivity contribution in [1.82, 2.24) is 0 Å². The maximum absolute atomic E-state index is 11.2. The number of hydrogen-bond donors (Lipinski definition) is 1. The molecule has 2 N–H and O–H groups in total. The smallest absolute Gasteiger partial charge is 0.337 e. The van der Waals surface area contributed by atoms with Gasteiger partial charge in [0, 0.05) is 7.11 Å². The molecule has 0 amide bonds. The van der Waals surface area contributed by atoms with Gasteiger partial charge in [-0.25, -0.2) is 4.79 Å². The number of methoxy groups -OCH3 is 2. The van der Waals surface area contributed by atoms with Gasteiger partial charge < -0.3 is 19.9 Å². The Kier molecular flexibility index (Phi) is 3.93. The molecule has 15 heavy (non-hydrogen) atoms. The van der Waals surface area contributed by atoms with Gasteiger partial charge in [-0.2, -0.15) is 0 Å². The van der Waals surface area contributed by atoms with E-state index in [-0.39, 0.29) is 6.79 Å². The summed E-state index contributed by atoms with van der Waals surface area (Å²) in [7, 11) is 2.81. The van der Waals surface area contributed by atoms with E-state index in [2.05, 4.69) is 4.74 Å². The quantitative estimate of drug-likeness (QED) is 0.457. The Labute approximate surface area is 87.7 Å². The fraction of sp³-hybridized carbons (Fsp3) is 0.300. The highest BCUT2D eigenvalue weighted by atomic mass is 16.7. The third-order valence-electron chi connectivity index (χ3n) is 1.77. The van der Waals surface area contributed by atoms with Crippen molar-refractivity contribution < 1.29 is 19.0 Å². The zero-order valence-corrected chi connectivity index (χ0v) is 8.65. The van der Waals surface area contributed by atoms with Crippen LogP contribution in [-0.4, -0.2) is 27.0 Å². The van der Waals surface area contributed by atoms with Crippen LogP contribution in [0.25, 0.3) is 0 Å². The molecule has 0 radical (unpaired) electrons. The van der Waals surface area contributed by atoms with Gasteiger partial charge in [-0.15, -0.1) is 0 Å². The van der Waals surface area contributed by atoms with E-state index in [0.717, 1.165) is 0 Å². The maximum Gasteiger partial charge on any atom is 0.337 e. The summed E-state index contributed by atoms with van der Waals surface area (Å²) < 4.78 is 14.5. The Hall–Kier alpha value is -1.75. The van der Waals surface area contributed by atoms with Crippen LogP contribution in [0.15, 0.2) is 18.2 Å². The van der Waals surface area contributed by atoms with E-state index in [1.165, 1.54) is 20.3 Å². The van der Waals surface area contributed by atoms with Crippen molar-refractivity contribution in [1.29, 1.82) is 0 Å². The van der Waals surface area contributed by atoms with Gasteiger partial charge in [0.25, 0.3) is 0 Å². The van der Waals surface area contributed by atoms with Crippen LogP contribution in [0.2, 0.25) is 0 Å². The summed E-state index contributed by atoms with van der Waals surface area (Å²) in [5.74, 6) is -0.0305. The van der Waals surface area contributed by atoms with Crippen LogP contribution < -0.4 is 10.5 Å². The zero-order chi connectivity index (χ0) is 11.3. The lowest BCUT2D eigenvalue weighted by molar-refractivity contribution is 0.0509. The fourth-order valence-corrected chi connectivity index (χ4v) is 1.03. The van der Waals surface area contributed by atoms with E-state index in [1.54, 1.807) is 12.1 Å². The highest BCUT2D eigenvalue weighted by Crippen LogP contribution is 2.23. The van der Waals surface area contributed by atoms with Crippen LogP contribution in [-0.2, 0) is 9.47 Å². The predicted octanol–water partition coefficient (Wildman–Crippen LogP) is 1.04. The van der Waals surface area contributed by atoms with E-state index >= 15 is 0 Å². The van der Waals surface area contributed by atoms with Gasteiger partial charge in [0.15, 0.2) is 6.79 Å². The van der Waals surface area contributed by atoms with E-state index in [4.69, 9.17) is 15.2 Å². The molecule has 0 spiro atoms. The van der Waals surface area contributed by atoms with E-state index in [1.807, 2.05) is 0 Å². The van der Waals surface area contributed by atoms with Crippen molar-refractivity contribution in [2.75, 3.05) is 26.7 Å². The zero-order valence-electron chi connectivity index (χ0n) is 8.65. The minimum Gasteiger partial charge on any atom is -0.465 e. The summed E-state index contributed by atoms with van der Waals surface area (Å²) in [5, 5.41) is 0. The third kappa shape index (κ3) is 2.85. The monoisotopic (exact) mass is 211 g/mol. The van der Waals surface area contributed by atoms with Crippen LogP contribution in [0, 0.1) is 0 Å². The summed E-state index contributed by atoms with van der Waals surface area (Å²) >= 11 is 0. The molecular weight excluding hydrogens is 198 g/mol. The molecule has 0 bridgehead atoms. The largest absolute Gasteiger partial charge is 0.465 e. The molecule has 0 atom stereocenters. The molecule has 1 aromatic rings. The molecule has 5 nitrogen and oxygen atoms in total. The van der Waals surface area contributed by atoms with Crippen molar-refractivity contribution in [2.24, 2.45) is 0 Å². The summed E-state index contributed by atoms with van der Waals surface area (Å²) in [6.07, 6.45) is 0. The number of nitrogens with two attached hydrogens (primary N) is 1. The molecule has 0 aliphatic heterocycles. The van der Waals surface area contributed by atoms with Gasteiger partial charge in [-0.3, -0.25) is 0 Å². The number of carbonyl (C=O) groups is 1. The second-order valence-electron chi connectivity index (χ2n) is 2.80. The Morgan fingerprint density at radius 2 is 2.13 bits per heavy atom. The highest BCUT2D eigenvalue weighted by molar-refractivity contribution is 5.90. The van der Waals surface area contributed by atoms with E-state index in [0.29, 0.717) is 17.0 Å². The summed E-state index contributed by atoms with van der Waals surface area (Å²) in [4.78, 5) is 11.2. The SMILES string of the molecule is COCOc1cc(C(=O)OC)ccc1N. The lowest BCUT2D eigenvalue weighted by Gasteiger charge is -2.08. The number of carbonyl (C=O) groups excluding carboxylic acids is 1. The van der Waals surface area contributed by atoms with Crippen LogP contribution in [0.5, 0.6) is 5.75 Å². The molecule has 0 aliphatic rings. The first-order valence-corrected chi connectivity index (χ1v) is 4.28. The normalized spacial score (nSPS) is 9.73. The highest BCUT2D eigenvalue weighted by Gasteiger charge is 2.08. The molecule has 1 rings (SSSR count). The molecule has 0 heterocycles. The molecular formula is C10H13NO4. The molecule has 0 saturated carbocycles. The predicted molar refractivity (Wildman–Crippen MR) is 54.7 cm³/mol. The van der Waals surface area contributed by atoms with Gasteiger partial charge in [0.05, 0.1) is 18.4 Å². The minimum absolute atomic E-state index is 0.0782. The number of nitrogen functional groups attached to an aromatic ring is 1. The average molecular weight is 211 g/mol. The van der Waals surface area contributed by atoms with Crippen molar-refractivity contribution in [3.05, 3.63) is 23.8 Å². The molecule has 5 heteroatoms. The van der Waals surface area contributed by atoms with Crippen LogP contribution in [0.4, 0.5) is 5.69 Å². The first-order valence-electron chi connectivity index (χ1n) is 4.28. The third-order valence-corrected chi connectivity index (χ3v) is 1.77. The number of benzene rings is 1. The number of anilines is 1. The van der Waals surface area contributed by atoms with Gasteiger partial charge in [0.2, 0.25) is 0 Å². The average Bonchev–Trinajstić information content (AvgIpc) is 2.27. The summed E-state index contributed by atoms with van der Waals surface area (Å²) in [6.45, 7) is 0.0782. The second-order valence-corrected chi connectivity index (χ2v) is 2.80. The van der Waals surface area contributed by atoms with E-state index in [9.17, 15) is 4.79 Å². The first kappa shape index (κ1) is 11.3. The number of esters is 1. The Bertz CT molecular complexity index is 351. The summed E-state index contributed by atoms with van der Waals surface area (Å²) in [5.41, 5.74) is 6.47. The van der Waals surface area contributed by atoms with Crippen molar-refractivity contribution in [3.63, 3.8) is 0 Å². The number of hydrogen-bond acceptors (Lipinski definition) is 5.